The minimum absolute atomic E-state index is 0.0598. The van der Waals surface area contributed by atoms with Gasteiger partial charge in [0.25, 0.3) is 15.9 Å². The van der Waals surface area contributed by atoms with Crippen LogP contribution in [-0.2, 0) is 10.0 Å². The van der Waals surface area contributed by atoms with Crippen LogP contribution in [0.3, 0.4) is 0 Å². The standard InChI is InChI=1S/C16H21N3O4S/c1-11-7-9-19(10-8-11)24(20,21)14-6-5-13(22-14)16-18-17-15(23-16)12-3-2-4-12/h5-6,11-12H,2-4,7-10H2,1H3. The lowest BCUT2D eigenvalue weighted by Crippen LogP contribution is -2.37. The zero-order valence-corrected chi connectivity index (χ0v) is 14.5. The van der Waals surface area contributed by atoms with Crippen molar-refractivity contribution in [3.05, 3.63) is 18.0 Å². The maximum Gasteiger partial charge on any atom is 0.283 e. The molecule has 4 rings (SSSR count). The SMILES string of the molecule is CC1CCN(S(=O)(=O)c2ccc(-c3nnc(C4CCC4)o3)o2)CC1. The lowest BCUT2D eigenvalue weighted by Gasteiger charge is -2.28. The third-order valence-electron chi connectivity index (χ3n) is 5.02. The summed E-state index contributed by atoms with van der Waals surface area (Å²) in [5.41, 5.74) is 0. The summed E-state index contributed by atoms with van der Waals surface area (Å²) in [6, 6.07) is 3.05. The molecular formula is C16H21N3O4S. The minimum Gasteiger partial charge on any atom is -0.438 e. The van der Waals surface area contributed by atoms with Crippen molar-refractivity contribution in [3.8, 4) is 11.7 Å². The molecule has 1 saturated carbocycles. The summed E-state index contributed by atoms with van der Waals surface area (Å²) in [5, 5.41) is 7.98. The van der Waals surface area contributed by atoms with Crippen molar-refractivity contribution in [1.82, 2.24) is 14.5 Å². The molecule has 1 saturated heterocycles. The van der Waals surface area contributed by atoms with E-state index in [1.54, 1.807) is 6.07 Å². The summed E-state index contributed by atoms with van der Waals surface area (Å²) < 4.78 is 38.0. The second-order valence-electron chi connectivity index (χ2n) is 6.78. The highest BCUT2D eigenvalue weighted by Crippen LogP contribution is 2.37. The molecule has 0 atom stereocenters. The molecule has 2 aromatic heterocycles. The molecule has 7 nitrogen and oxygen atoms in total. The summed E-state index contributed by atoms with van der Waals surface area (Å²) in [7, 11) is -3.60. The molecule has 130 valence electrons. The van der Waals surface area contributed by atoms with Gasteiger partial charge >= 0.3 is 0 Å². The van der Waals surface area contributed by atoms with Crippen molar-refractivity contribution < 1.29 is 17.3 Å². The fourth-order valence-corrected chi connectivity index (χ4v) is 4.46. The van der Waals surface area contributed by atoms with Gasteiger partial charge in [0, 0.05) is 19.0 Å². The fourth-order valence-electron chi connectivity index (χ4n) is 3.08. The van der Waals surface area contributed by atoms with Crippen LogP contribution in [0, 0.1) is 5.92 Å². The van der Waals surface area contributed by atoms with E-state index in [0.717, 1.165) is 25.7 Å². The molecule has 2 aliphatic rings. The highest BCUT2D eigenvalue weighted by molar-refractivity contribution is 7.89. The summed E-state index contributed by atoms with van der Waals surface area (Å²) in [6.45, 7) is 3.21. The van der Waals surface area contributed by atoms with E-state index in [4.69, 9.17) is 8.83 Å². The Bertz CT molecular complexity index is 814. The first-order valence-corrected chi connectivity index (χ1v) is 9.92. The van der Waals surface area contributed by atoms with E-state index >= 15 is 0 Å². The van der Waals surface area contributed by atoms with Crippen molar-refractivity contribution in [3.63, 3.8) is 0 Å². The van der Waals surface area contributed by atoms with E-state index in [0.29, 0.717) is 36.6 Å². The third-order valence-corrected chi connectivity index (χ3v) is 6.80. The molecule has 2 fully saturated rings. The molecule has 0 amide bonds. The quantitative estimate of drug-likeness (QED) is 0.841. The van der Waals surface area contributed by atoms with Gasteiger partial charge in [0.1, 0.15) is 0 Å². The van der Waals surface area contributed by atoms with E-state index in [2.05, 4.69) is 17.1 Å². The second-order valence-corrected chi connectivity index (χ2v) is 8.65. The fraction of sp³-hybridized carbons (Fsp3) is 0.625. The minimum atomic E-state index is -3.60. The number of hydrogen-bond donors (Lipinski definition) is 0. The van der Waals surface area contributed by atoms with E-state index in [1.165, 1.54) is 16.8 Å². The molecule has 0 aromatic carbocycles. The molecule has 0 bridgehead atoms. The molecule has 8 heteroatoms. The molecule has 0 unspecified atom stereocenters. The average Bonchev–Trinajstić information content (AvgIpc) is 3.14. The van der Waals surface area contributed by atoms with Gasteiger partial charge < -0.3 is 8.83 Å². The number of rotatable bonds is 4. The van der Waals surface area contributed by atoms with Gasteiger partial charge in [0.2, 0.25) is 11.0 Å². The first kappa shape index (κ1) is 15.8. The predicted octanol–water partition coefficient (Wildman–Crippen LogP) is 3.02. The number of sulfonamides is 1. The monoisotopic (exact) mass is 351 g/mol. The first-order chi connectivity index (χ1) is 11.5. The van der Waals surface area contributed by atoms with Gasteiger partial charge in [0.15, 0.2) is 5.76 Å². The average molecular weight is 351 g/mol. The van der Waals surface area contributed by atoms with Crippen LogP contribution in [0.15, 0.2) is 26.1 Å². The van der Waals surface area contributed by atoms with E-state index in [1.807, 2.05) is 0 Å². The summed E-state index contributed by atoms with van der Waals surface area (Å²) >= 11 is 0. The van der Waals surface area contributed by atoms with E-state index in [9.17, 15) is 8.42 Å². The van der Waals surface area contributed by atoms with Crippen molar-refractivity contribution in [2.24, 2.45) is 5.92 Å². The molecule has 0 spiro atoms. The van der Waals surface area contributed by atoms with Crippen molar-refractivity contribution in [2.75, 3.05) is 13.1 Å². The van der Waals surface area contributed by atoms with Gasteiger partial charge in [0.05, 0.1) is 0 Å². The Morgan fingerprint density at radius 3 is 2.50 bits per heavy atom. The van der Waals surface area contributed by atoms with Crippen molar-refractivity contribution in [1.29, 1.82) is 0 Å². The Morgan fingerprint density at radius 1 is 1.08 bits per heavy atom. The van der Waals surface area contributed by atoms with Gasteiger partial charge in [-0.25, -0.2) is 8.42 Å². The topological polar surface area (TPSA) is 89.4 Å². The molecule has 2 aromatic rings. The Kier molecular flexibility index (Phi) is 3.96. The van der Waals surface area contributed by atoms with Gasteiger partial charge in [-0.2, -0.15) is 4.31 Å². The van der Waals surface area contributed by atoms with Crippen LogP contribution in [0.2, 0.25) is 0 Å². The maximum absolute atomic E-state index is 12.7. The molecule has 0 radical (unpaired) electrons. The summed E-state index contributed by atoms with van der Waals surface area (Å²) in [5.74, 6) is 2.05. The first-order valence-electron chi connectivity index (χ1n) is 8.48. The number of piperidine rings is 1. The van der Waals surface area contributed by atoms with Gasteiger partial charge in [-0.1, -0.05) is 13.3 Å². The lowest BCUT2D eigenvalue weighted by atomic mass is 9.85. The van der Waals surface area contributed by atoms with Crippen LogP contribution in [0.5, 0.6) is 0 Å². The van der Waals surface area contributed by atoms with E-state index < -0.39 is 10.0 Å². The second kappa shape index (κ2) is 6.00. The largest absolute Gasteiger partial charge is 0.438 e. The van der Waals surface area contributed by atoms with Gasteiger partial charge in [-0.3, -0.25) is 0 Å². The normalized spacial score (nSPS) is 21.0. The van der Waals surface area contributed by atoms with Crippen LogP contribution in [0.4, 0.5) is 0 Å². The Hall–Kier alpha value is -1.67. The van der Waals surface area contributed by atoms with E-state index in [-0.39, 0.29) is 11.0 Å². The highest BCUT2D eigenvalue weighted by atomic mass is 32.2. The van der Waals surface area contributed by atoms with Crippen molar-refractivity contribution in [2.45, 2.75) is 50.0 Å². The third kappa shape index (κ3) is 2.77. The molecular weight excluding hydrogens is 330 g/mol. The Labute approximate surface area is 141 Å². The number of aromatic nitrogens is 2. The molecule has 0 N–H and O–H groups in total. The number of hydrogen-bond acceptors (Lipinski definition) is 6. The molecule has 1 aliphatic heterocycles. The summed E-state index contributed by atoms with van der Waals surface area (Å²) in [4.78, 5) is 0. The molecule has 3 heterocycles. The van der Waals surface area contributed by atoms with Crippen LogP contribution < -0.4 is 0 Å². The lowest BCUT2D eigenvalue weighted by molar-refractivity contribution is 0.281. The zero-order valence-electron chi connectivity index (χ0n) is 13.6. The van der Waals surface area contributed by atoms with Crippen LogP contribution in [0.25, 0.3) is 11.7 Å². The van der Waals surface area contributed by atoms with Crippen LogP contribution in [-0.4, -0.2) is 36.0 Å². The Morgan fingerprint density at radius 2 is 1.83 bits per heavy atom. The highest BCUT2D eigenvalue weighted by Gasteiger charge is 2.31. The molecule has 24 heavy (non-hydrogen) atoms. The molecule has 1 aliphatic carbocycles. The zero-order chi connectivity index (χ0) is 16.7. The Balaban J connectivity index is 1.54. The van der Waals surface area contributed by atoms with Gasteiger partial charge in [-0.15, -0.1) is 10.2 Å². The smallest absolute Gasteiger partial charge is 0.283 e. The summed E-state index contributed by atoms with van der Waals surface area (Å²) in [6.07, 6.45) is 5.06. The van der Waals surface area contributed by atoms with Crippen LogP contribution in [0.1, 0.15) is 50.8 Å². The van der Waals surface area contributed by atoms with Gasteiger partial charge in [-0.05, 0) is 43.7 Å². The number of nitrogens with zero attached hydrogens (tertiary/aromatic N) is 3. The maximum atomic E-state index is 12.7. The number of furan rings is 1. The predicted molar refractivity (Wildman–Crippen MR) is 85.7 cm³/mol. The van der Waals surface area contributed by atoms with Crippen LogP contribution >= 0.6 is 0 Å². The van der Waals surface area contributed by atoms with Crippen molar-refractivity contribution >= 4 is 10.0 Å².